The van der Waals surface area contributed by atoms with Gasteiger partial charge in [-0.15, -0.1) is 0 Å². The van der Waals surface area contributed by atoms with E-state index in [2.05, 4.69) is 0 Å². The molecule has 25 heavy (non-hydrogen) atoms. The number of alkyl halides is 16. The van der Waals surface area contributed by atoms with Crippen molar-refractivity contribution < 1.29 is 70.2 Å². The van der Waals surface area contributed by atoms with E-state index in [0.717, 1.165) is 0 Å². The fraction of sp³-hybridized carbons (Fsp3) is 0.778. The summed E-state index contributed by atoms with van der Waals surface area (Å²) in [5.41, 5.74) is -6.72. The van der Waals surface area contributed by atoms with E-state index >= 15 is 0 Å². The van der Waals surface area contributed by atoms with E-state index in [1.165, 1.54) is 0 Å². The van der Waals surface area contributed by atoms with Gasteiger partial charge in [-0.2, -0.15) is 65.9 Å². The van der Waals surface area contributed by atoms with Crippen molar-refractivity contribution in [2.75, 3.05) is 0 Å². The second-order valence-corrected chi connectivity index (χ2v) is 4.31. The van der Waals surface area contributed by atoms with Gasteiger partial charge in [0.25, 0.3) is 0 Å². The van der Waals surface area contributed by atoms with Crippen LogP contribution >= 0.6 is 0 Å². The van der Waals surface area contributed by atoms with Gasteiger partial charge in [0.05, 0.1) is 0 Å². The molecule has 0 heterocycles. The monoisotopic (exact) mass is 414 g/mol. The Kier molecular flexibility index (Phi) is 5.50. The van der Waals surface area contributed by atoms with Gasteiger partial charge < -0.3 is 0 Å². The fourth-order valence-electron chi connectivity index (χ4n) is 1.06. The SMILES string of the molecule is FC(F)(F)C(F)(F)C(F)(F)C(F)(F)/C=C/C(F)(C(F)(F)F)C(F)(F)F. The van der Waals surface area contributed by atoms with Crippen LogP contribution in [-0.2, 0) is 0 Å². The molecular weight excluding hydrogens is 412 g/mol. The lowest BCUT2D eigenvalue weighted by Gasteiger charge is -2.33. The number of rotatable bonds is 4. The lowest BCUT2D eigenvalue weighted by atomic mass is 9.99. The highest BCUT2D eigenvalue weighted by molar-refractivity contribution is 5.18. The molecule has 0 aliphatic rings. The van der Waals surface area contributed by atoms with Crippen LogP contribution in [0.1, 0.15) is 0 Å². The second-order valence-electron chi connectivity index (χ2n) is 4.31. The normalized spacial score (nSPS) is 16.6. The molecule has 0 unspecified atom stereocenters. The van der Waals surface area contributed by atoms with Crippen molar-refractivity contribution >= 4 is 0 Å². The van der Waals surface area contributed by atoms with Crippen LogP contribution in [0.5, 0.6) is 0 Å². The zero-order valence-electron chi connectivity index (χ0n) is 10.7. The minimum absolute atomic E-state index is 2.31. The molecule has 0 aliphatic heterocycles. The molecule has 0 amide bonds. The van der Waals surface area contributed by atoms with Crippen molar-refractivity contribution in [3.05, 3.63) is 12.2 Å². The topological polar surface area (TPSA) is 0 Å². The Morgan fingerprint density at radius 2 is 0.680 bits per heavy atom. The number of halogens is 16. The van der Waals surface area contributed by atoms with E-state index in [-0.39, 0.29) is 0 Å². The van der Waals surface area contributed by atoms with Crippen molar-refractivity contribution in [2.24, 2.45) is 0 Å². The van der Waals surface area contributed by atoms with Gasteiger partial charge in [0.2, 0.25) is 0 Å². The van der Waals surface area contributed by atoms with E-state index in [9.17, 15) is 70.2 Å². The van der Waals surface area contributed by atoms with Gasteiger partial charge in [0.15, 0.2) is 0 Å². The largest absolute Gasteiger partial charge is 0.460 e. The molecule has 0 aromatic carbocycles. The van der Waals surface area contributed by atoms with Crippen molar-refractivity contribution in [2.45, 2.75) is 42.0 Å². The maximum Gasteiger partial charge on any atom is 0.460 e. The molecule has 0 saturated heterocycles. The summed E-state index contributed by atoms with van der Waals surface area (Å²) in [6.07, 6.45) is -26.2. The van der Waals surface area contributed by atoms with E-state index in [0.29, 0.717) is 0 Å². The Labute approximate surface area is 126 Å². The van der Waals surface area contributed by atoms with Crippen molar-refractivity contribution in [3.63, 3.8) is 0 Å². The van der Waals surface area contributed by atoms with Crippen LogP contribution in [0, 0.1) is 0 Å². The minimum atomic E-state index is -7.57. The Bertz CT molecular complexity index is 485. The number of hydrogen-bond donors (Lipinski definition) is 0. The van der Waals surface area contributed by atoms with Crippen LogP contribution in [0.2, 0.25) is 0 Å². The molecule has 16 heteroatoms. The third-order valence-corrected chi connectivity index (χ3v) is 2.52. The van der Waals surface area contributed by atoms with Crippen LogP contribution in [0.15, 0.2) is 12.2 Å². The maximum absolute atomic E-state index is 12.9. The third kappa shape index (κ3) is 3.75. The van der Waals surface area contributed by atoms with Crippen molar-refractivity contribution in [1.29, 1.82) is 0 Å². The van der Waals surface area contributed by atoms with Crippen molar-refractivity contribution in [3.8, 4) is 0 Å². The van der Waals surface area contributed by atoms with Crippen LogP contribution in [0.4, 0.5) is 70.2 Å². The van der Waals surface area contributed by atoms with Gasteiger partial charge in [-0.3, -0.25) is 0 Å². The second kappa shape index (κ2) is 5.82. The van der Waals surface area contributed by atoms with E-state index in [1.807, 2.05) is 0 Å². The van der Waals surface area contributed by atoms with Gasteiger partial charge in [0, 0.05) is 0 Å². The highest BCUT2D eigenvalue weighted by atomic mass is 19.4. The average Bonchev–Trinajstić information content (AvgIpc) is 2.31. The van der Waals surface area contributed by atoms with E-state index < -0.39 is 54.1 Å². The zero-order valence-corrected chi connectivity index (χ0v) is 10.7. The lowest BCUT2D eigenvalue weighted by Crippen LogP contribution is -2.60. The molecule has 0 nitrogen and oxygen atoms in total. The smallest absolute Gasteiger partial charge is 0.219 e. The molecule has 0 bridgehead atoms. The fourth-order valence-corrected chi connectivity index (χ4v) is 1.06. The molecule has 0 fully saturated rings. The molecule has 0 saturated carbocycles. The molecular formula is C9H2F16. The molecule has 0 aromatic rings. The van der Waals surface area contributed by atoms with Gasteiger partial charge in [0.1, 0.15) is 0 Å². The Hall–Kier alpha value is -1.38. The first-order valence-electron chi connectivity index (χ1n) is 5.18. The molecule has 0 rings (SSSR count). The maximum atomic E-state index is 12.9. The lowest BCUT2D eigenvalue weighted by molar-refractivity contribution is -0.388. The highest BCUT2D eigenvalue weighted by Crippen LogP contribution is 2.54. The van der Waals surface area contributed by atoms with E-state index in [4.69, 9.17) is 0 Å². The van der Waals surface area contributed by atoms with Gasteiger partial charge in [-0.1, -0.05) is 0 Å². The Morgan fingerprint density at radius 3 is 0.920 bits per heavy atom. The summed E-state index contributed by atoms with van der Waals surface area (Å²) in [7, 11) is 0. The van der Waals surface area contributed by atoms with Crippen LogP contribution < -0.4 is 0 Å². The first kappa shape index (κ1) is 23.6. The number of hydrogen-bond acceptors (Lipinski definition) is 0. The van der Waals surface area contributed by atoms with Gasteiger partial charge in [-0.05, 0) is 12.2 Å². The molecule has 0 N–H and O–H groups in total. The number of allylic oxidation sites excluding steroid dienone is 2. The Balaban J connectivity index is 6.19. The first-order valence-corrected chi connectivity index (χ1v) is 5.18. The summed E-state index contributed by atoms with van der Waals surface area (Å²) in [5.74, 6) is -22.0. The molecule has 0 aromatic heterocycles. The van der Waals surface area contributed by atoms with E-state index in [1.54, 1.807) is 0 Å². The standard InChI is InChI=1S/C9H2F16/c10-3(7(17,18)19,8(20,21)22)1-2-4(11,12)5(13,14)6(15,16)9(23,24)25/h1-2H/b2-1+. The average molecular weight is 414 g/mol. The molecule has 0 spiro atoms. The Morgan fingerprint density at radius 1 is 0.360 bits per heavy atom. The molecule has 0 atom stereocenters. The summed E-state index contributed by atoms with van der Waals surface area (Å²) in [6.45, 7) is 0. The highest BCUT2D eigenvalue weighted by Gasteiger charge is 2.81. The van der Waals surface area contributed by atoms with Crippen LogP contribution in [-0.4, -0.2) is 42.0 Å². The van der Waals surface area contributed by atoms with Crippen LogP contribution in [0.25, 0.3) is 0 Å². The van der Waals surface area contributed by atoms with Gasteiger partial charge >= 0.3 is 42.0 Å². The van der Waals surface area contributed by atoms with Crippen LogP contribution in [0.3, 0.4) is 0 Å². The summed E-state index contributed by atoms with van der Waals surface area (Å²) >= 11 is 0. The predicted octanol–water partition coefficient (Wildman–Crippen LogP) is 5.84. The summed E-state index contributed by atoms with van der Waals surface area (Å²) < 4.78 is 196. The van der Waals surface area contributed by atoms with Gasteiger partial charge in [-0.25, -0.2) is 4.39 Å². The summed E-state index contributed by atoms with van der Waals surface area (Å²) in [4.78, 5) is 0. The predicted molar refractivity (Wildman–Crippen MR) is 46.0 cm³/mol. The summed E-state index contributed by atoms with van der Waals surface area (Å²) in [5, 5.41) is 0. The molecule has 150 valence electrons. The summed E-state index contributed by atoms with van der Waals surface area (Å²) in [6, 6.07) is 0. The quantitative estimate of drug-likeness (QED) is 0.401. The van der Waals surface area contributed by atoms with Crippen molar-refractivity contribution in [1.82, 2.24) is 0 Å². The molecule has 0 radical (unpaired) electrons. The zero-order chi connectivity index (χ0) is 20.9. The third-order valence-electron chi connectivity index (χ3n) is 2.52. The minimum Gasteiger partial charge on any atom is -0.219 e. The first-order chi connectivity index (χ1) is 10.5. The molecule has 0 aliphatic carbocycles.